The summed E-state index contributed by atoms with van der Waals surface area (Å²) < 4.78 is 0. The molecule has 2 aliphatic rings. The minimum Gasteiger partial charge on any atom is -0.478 e. The van der Waals surface area contributed by atoms with E-state index in [0.717, 1.165) is 37.3 Å². The molecule has 1 heterocycles. The Morgan fingerprint density at radius 2 is 2.07 bits per heavy atom. The number of hydrogen-bond donors (Lipinski definition) is 2. The van der Waals surface area contributed by atoms with Crippen molar-refractivity contribution >= 4 is 17.7 Å². The third kappa shape index (κ3) is 2.75. The summed E-state index contributed by atoms with van der Waals surface area (Å²) in [7, 11) is 0. The molecule has 0 spiro atoms. The first-order chi connectivity index (χ1) is 7.27. The Morgan fingerprint density at radius 1 is 1.33 bits per heavy atom. The van der Waals surface area contributed by atoms with Gasteiger partial charge in [-0.05, 0) is 50.1 Å². The van der Waals surface area contributed by atoms with Gasteiger partial charge in [0.05, 0.1) is 0 Å². The number of carbonyl (C=O) groups is 1. The van der Waals surface area contributed by atoms with Gasteiger partial charge in [-0.2, -0.15) is 0 Å². The molecule has 1 aliphatic heterocycles. The van der Waals surface area contributed by atoms with Crippen LogP contribution in [0.15, 0.2) is 10.5 Å². The van der Waals surface area contributed by atoms with Crippen LogP contribution in [0.1, 0.15) is 32.1 Å². The van der Waals surface area contributed by atoms with Crippen molar-refractivity contribution in [1.82, 2.24) is 5.32 Å². The van der Waals surface area contributed by atoms with Crippen molar-refractivity contribution in [3.05, 3.63) is 10.5 Å². The lowest BCUT2D eigenvalue weighted by Crippen LogP contribution is -2.29. The second kappa shape index (κ2) is 5.03. The van der Waals surface area contributed by atoms with Crippen LogP contribution in [0.5, 0.6) is 0 Å². The van der Waals surface area contributed by atoms with Gasteiger partial charge in [-0.15, -0.1) is 11.8 Å². The van der Waals surface area contributed by atoms with Crippen molar-refractivity contribution in [3.63, 3.8) is 0 Å². The van der Waals surface area contributed by atoms with Crippen LogP contribution < -0.4 is 5.32 Å². The van der Waals surface area contributed by atoms with Crippen molar-refractivity contribution in [3.8, 4) is 0 Å². The predicted molar refractivity (Wildman–Crippen MR) is 62.0 cm³/mol. The Kier molecular flexibility index (Phi) is 3.70. The molecular weight excluding hydrogens is 210 g/mol. The SMILES string of the molecule is O=C(O)C1=C(SC2CCNCC2)CCC1. The molecule has 0 atom stereocenters. The highest BCUT2D eigenvalue weighted by Crippen LogP contribution is 2.38. The highest BCUT2D eigenvalue weighted by Gasteiger charge is 2.24. The van der Waals surface area contributed by atoms with E-state index < -0.39 is 5.97 Å². The number of nitrogens with one attached hydrogen (secondary N) is 1. The minimum atomic E-state index is -0.705. The van der Waals surface area contributed by atoms with Crippen molar-refractivity contribution < 1.29 is 9.90 Å². The molecule has 0 saturated carbocycles. The predicted octanol–water partition coefficient (Wildman–Crippen LogP) is 1.99. The number of hydrogen-bond acceptors (Lipinski definition) is 3. The first-order valence-electron chi connectivity index (χ1n) is 5.60. The van der Waals surface area contributed by atoms with Crippen molar-refractivity contribution in [2.75, 3.05) is 13.1 Å². The standard InChI is InChI=1S/C11H17NO2S/c13-11(14)9-2-1-3-10(9)15-8-4-6-12-7-5-8/h8,12H,1-7H2,(H,13,14). The Labute approximate surface area is 94.3 Å². The van der Waals surface area contributed by atoms with Gasteiger partial charge in [0.25, 0.3) is 0 Å². The number of rotatable bonds is 3. The van der Waals surface area contributed by atoms with E-state index in [2.05, 4.69) is 5.32 Å². The van der Waals surface area contributed by atoms with Crippen LogP contribution in [0.4, 0.5) is 0 Å². The average molecular weight is 227 g/mol. The molecular formula is C11H17NO2S. The fourth-order valence-corrected chi connectivity index (χ4v) is 3.65. The summed E-state index contributed by atoms with van der Waals surface area (Å²) in [4.78, 5) is 12.1. The van der Waals surface area contributed by atoms with Gasteiger partial charge in [0.1, 0.15) is 0 Å². The molecule has 0 unspecified atom stereocenters. The molecule has 4 heteroatoms. The summed E-state index contributed by atoms with van der Waals surface area (Å²) in [6.07, 6.45) is 5.11. The normalized spacial score (nSPS) is 23.5. The molecule has 0 radical (unpaired) electrons. The number of piperidine rings is 1. The molecule has 0 bridgehead atoms. The van der Waals surface area contributed by atoms with E-state index in [1.54, 1.807) is 0 Å². The van der Waals surface area contributed by atoms with Crippen molar-refractivity contribution in [2.45, 2.75) is 37.4 Å². The first-order valence-corrected chi connectivity index (χ1v) is 6.48. The van der Waals surface area contributed by atoms with Gasteiger partial charge in [0.2, 0.25) is 0 Å². The average Bonchev–Trinajstić information content (AvgIpc) is 2.67. The van der Waals surface area contributed by atoms with Gasteiger partial charge in [-0.25, -0.2) is 4.79 Å². The summed E-state index contributed by atoms with van der Waals surface area (Å²) in [5.74, 6) is -0.705. The van der Waals surface area contributed by atoms with Crippen LogP contribution in [0.25, 0.3) is 0 Å². The molecule has 0 aromatic heterocycles. The maximum absolute atomic E-state index is 11.0. The molecule has 1 aliphatic carbocycles. The van der Waals surface area contributed by atoms with Gasteiger partial charge in [-0.1, -0.05) is 0 Å². The van der Waals surface area contributed by atoms with E-state index in [4.69, 9.17) is 5.11 Å². The lowest BCUT2D eigenvalue weighted by atomic mass is 10.2. The maximum atomic E-state index is 11.0. The zero-order chi connectivity index (χ0) is 10.7. The highest BCUT2D eigenvalue weighted by molar-refractivity contribution is 8.03. The Morgan fingerprint density at radius 3 is 2.73 bits per heavy atom. The summed E-state index contributed by atoms with van der Waals surface area (Å²) >= 11 is 1.82. The number of carboxylic acids is 1. The largest absolute Gasteiger partial charge is 0.478 e. The third-order valence-corrected chi connectivity index (χ3v) is 4.56. The second-order valence-corrected chi connectivity index (χ2v) is 5.52. The summed E-state index contributed by atoms with van der Waals surface area (Å²) in [6, 6.07) is 0. The Bertz CT molecular complexity index is 282. The number of thioether (sulfide) groups is 1. The van der Waals surface area contributed by atoms with Gasteiger partial charge in [-0.3, -0.25) is 0 Å². The van der Waals surface area contributed by atoms with Crippen molar-refractivity contribution in [2.24, 2.45) is 0 Å². The highest BCUT2D eigenvalue weighted by atomic mass is 32.2. The fraction of sp³-hybridized carbons (Fsp3) is 0.727. The van der Waals surface area contributed by atoms with E-state index >= 15 is 0 Å². The molecule has 2 N–H and O–H groups in total. The smallest absolute Gasteiger partial charge is 0.332 e. The van der Waals surface area contributed by atoms with Crippen LogP contribution in [0.2, 0.25) is 0 Å². The fourth-order valence-electron chi connectivity index (χ4n) is 2.19. The van der Waals surface area contributed by atoms with Crippen LogP contribution in [-0.4, -0.2) is 29.4 Å². The Hall–Kier alpha value is -0.480. The molecule has 1 saturated heterocycles. The molecule has 15 heavy (non-hydrogen) atoms. The minimum absolute atomic E-state index is 0.633. The Balaban J connectivity index is 1.97. The second-order valence-electron chi connectivity index (χ2n) is 4.13. The summed E-state index contributed by atoms with van der Waals surface area (Å²) in [6.45, 7) is 2.15. The maximum Gasteiger partial charge on any atom is 0.332 e. The number of allylic oxidation sites excluding steroid dienone is 1. The van der Waals surface area contributed by atoms with Gasteiger partial charge >= 0.3 is 5.97 Å². The zero-order valence-electron chi connectivity index (χ0n) is 8.79. The van der Waals surface area contributed by atoms with Crippen LogP contribution in [-0.2, 0) is 4.79 Å². The molecule has 0 aromatic carbocycles. The monoisotopic (exact) mass is 227 g/mol. The van der Waals surface area contributed by atoms with E-state index in [1.807, 2.05) is 11.8 Å². The summed E-state index contributed by atoms with van der Waals surface area (Å²) in [5.41, 5.74) is 0.679. The van der Waals surface area contributed by atoms with E-state index in [9.17, 15) is 4.79 Å². The van der Waals surface area contributed by atoms with Crippen LogP contribution >= 0.6 is 11.8 Å². The van der Waals surface area contributed by atoms with Gasteiger partial charge in [0.15, 0.2) is 0 Å². The van der Waals surface area contributed by atoms with Crippen LogP contribution in [0, 0.1) is 0 Å². The lowest BCUT2D eigenvalue weighted by molar-refractivity contribution is -0.132. The molecule has 3 nitrogen and oxygen atoms in total. The number of aliphatic carboxylic acids is 1. The zero-order valence-corrected chi connectivity index (χ0v) is 9.61. The third-order valence-electron chi connectivity index (χ3n) is 3.02. The van der Waals surface area contributed by atoms with Crippen LogP contribution in [0.3, 0.4) is 0 Å². The summed E-state index contributed by atoms with van der Waals surface area (Å²) in [5, 5.41) is 13.0. The molecule has 1 fully saturated rings. The van der Waals surface area contributed by atoms with E-state index in [-0.39, 0.29) is 0 Å². The first kappa shape index (κ1) is 11.0. The topological polar surface area (TPSA) is 49.3 Å². The molecule has 0 amide bonds. The molecule has 0 aromatic rings. The lowest BCUT2D eigenvalue weighted by Gasteiger charge is -2.22. The quantitative estimate of drug-likeness (QED) is 0.774. The molecule has 84 valence electrons. The van der Waals surface area contributed by atoms with Gasteiger partial charge < -0.3 is 10.4 Å². The molecule has 2 rings (SSSR count). The number of carboxylic acid groups (broad SMARTS) is 1. The van der Waals surface area contributed by atoms with Gasteiger partial charge in [0, 0.05) is 10.8 Å². The van der Waals surface area contributed by atoms with E-state index in [0.29, 0.717) is 10.8 Å². The van der Waals surface area contributed by atoms with E-state index in [1.165, 1.54) is 12.8 Å². The van der Waals surface area contributed by atoms with Crippen molar-refractivity contribution in [1.29, 1.82) is 0 Å².